The van der Waals surface area contributed by atoms with Crippen molar-refractivity contribution in [2.75, 3.05) is 12.4 Å². The van der Waals surface area contributed by atoms with Gasteiger partial charge in [0.2, 0.25) is 5.91 Å². The Bertz CT molecular complexity index is 484. The average Bonchev–Trinajstić information content (AvgIpc) is 2.40. The van der Waals surface area contributed by atoms with E-state index >= 15 is 0 Å². The average molecular weight is 277 g/mol. The number of hydrogen-bond donors (Lipinski definition) is 3. The molecule has 5 nitrogen and oxygen atoms in total. The van der Waals surface area contributed by atoms with E-state index in [1.165, 1.54) is 0 Å². The molecule has 1 aromatic rings. The molecule has 20 heavy (non-hydrogen) atoms. The van der Waals surface area contributed by atoms with Crippen LogP contribution in [0.1, 0.15) is 42.1 Å². The van der Waals surface area contributed by atoms with Crippen LogP contribution in [-0.4, -0.2) is 24.9 Å². The number of amides is 2. The Morgan fingerprint density at radius 1 is 1.35 bits per heavy atom. The molecule has 0 aliphatic heterocycles. The van der Waals surface area contributed by atoms with E-state index in [1.807, 2.05) is 13.8 Å². The van der Waals surface area contributed by atoms with Gasteiger partial charge < -0.3 is 16.4 Å². The SMILES string of the molecule is CNC(=O)c1cccc(NC(=O)CCCC(C)N)c1C. The van der Waals surface area contributed by atoms with Crippen molar-refractivity contribution in [3.05, 3.63) is 29.3 Å². The van der Waals surface area contributed by atoms with E-state index in [0.717, 1.165) is 18.4 Å². The molecular formula is C15H23N3O2. The summed E-state index contributed by atoms with van der Waals surface area (Å²) in [5, 5.41) is 5.43. The Morgan fingerprint density at radius 2 is 2.05 bits per heavy atom. The van der Waals surface area contributed by atoms with Crippen LogP contribution in [0.5, 0.6) is 0 Å². The fraction of sp³-hybridized carbons (Fsp3) is 0.467. The molecule has 4 N–H and O–H groups in total. The van der Waals surface area contributed by atoms with E-state index in [1.54, 1.807) is 25.2 Å². The van der Waals surface area contributed by atoms with E-state index in [0.29, 0.717) is 17.7 Å². The van der Waals surface area contributed by atoms with Gasteiger partial charge in [-0.05, 0) is 44.4 Å². The third-order valence-corrected chi connectivity index (χ3v) is 3.14. The molecular weight excluding hydrogens is 254 g/mol. The van der Waals surface area contributed by atoms with Crippen molar-refractivity contribution in [1.82, 2.24) is 5.32 Å². The standard InChI is InChI=1S/C15H23N3O2/c1-10(16)6-4-9-14(19)18-13-8-5-7-12(11(13)2)15(20)17-3/h5,7-8,10H,4,6,9,16H2,1-3H3,(H,17,20)(H,18,19). The molecule has 1 rings (SSSR count). The van der Waals surface area contributed by atoms with Crippen molar-refractivity contribution in [2.24, 2.45) is 5.73 Å². The topological polar surface area (TPSA) is 84.2 Å². The molecule has 0 radical (unpaired) electrons. The number of nitrogens with one attached hydrogen (secondary N) is 2. The summed E-state index contributed by atoms with van der Waals surface area (Å²) in [6, 6.07) is 5.40. The highest BCUT2D eigenvalue weighted by Crippen LogP contribution is 2.19. The maximum absolute atomic E-state index is 11.8. The molecule has 0 aliphatic rings. The summed E-state index contributed by atoms with van der Waals surface area (Å²) in [5.41, 5.74) is 7.67. The lowest BCUT2D eigenvalue weighted by molar-refractivity contribution is -0.116. The van der Waals surface area contributed by atoms with Gasteiger partial charge >= 0.3 is 0 Å². The highest BCUT2D eigenvalue weighted by molar-refractivity contribution is 5.99. The van der Waals surface area contributed by atoms with Gasteiger partial charge in [-0.1, -0.05) is 6.07 Å². The van der Waals surface area contributed by atoms with E-state index in [2.05, 4.69) is 10.6 Å². The predicted octanol–water partition coefficient (Wildman–Crippen LogP) is 1.81. The predicted molar refractivity (Wildman–Crippen MR) is 80.7 cm³/mol. The smallest absolute Gasteiger partial charge is 0.251 e. The van der Waals surface area contributed by atoms with Crippen LogP contribution < -0.4 is 16.4 Å². The number of carbonyl (C=O) groups is 2. The van der Waals surface area contributed by atoms with Gasteiger partial charge in [0, 0.05) is 30.8 Å². The summed E-state index contributed by atoms with van der Waals surface area (Å²) in [7, 11) is 1.58. The third-order valence-electron chi connectivity index (χ3n) is 3.14. The Hall–Kier alpha value is -1.88. The first-order valence-corrected chi connectivity index (χ1v) is 6.82. The number of benzene rings is 1. The van der Waals surface area contributed by atoms with Crippen molar-refractivity contribution in [3.63, 3.8) is 0 Å². The fourth-order valence-corrected chi connectivity index (χ4v) is 1.95. The first-order chi connectivity index (χ1) is 9.45. The second-order valence-corrected chi connectivity index (χ2v) is 4.97. The molecule has 0 spiro atoms. The lowest BCUT2D eigenvalue weighted by Gasteiger charge is -2.12. The zero-order valence-corrected chi connectivity index (χ0v) is 12.3. The molecule has 0 aliphatic carbocycles. The summed E-state index contributed by atoms with van der Waals surface area (Å²) in [5.74, 6) is -0.210. The quantitative estimate of drug-likeness (QED) is 0.741. The maximum Gasteiger partial charge on any atom is 0.251 e. The minimum atomic E-state index is -0.157. The monoisotopic (exact) mass is 277 g/mol. The fourth-order valence-electron chi connectivity index (χ4n) is 1.95. The number of nitrogens with two attached hydrogens (primary N) is 1. The highest BCUT2D eigenvalue weighted by Gasteiger charge is 2.11. The summed E-state index contributed by atoms with van der Waals surface area (Å²) in [6.45, 7) is 3.75. The van der Waals surface area contributed by atoms with Gasteiger partial charge in [0.1, 0.15) is 0 Å². The molecule has 110 valence electrons. The molecule has 0 heterocycles. The Labute approximate surface area is 119 Å². The van der Waals surface area contributed by atoms with Gasteiger partial charge in [-0.2, -0.15) is 0 Å². The maximum atomic E-state index is 11.8. The second-order valence-electron chi connectivity index (χ2n) is 4.97. The first-order valence-electron chi connectivity index (χ1n) is 6.82. The van der Waals surface area contributed by atoms with Crippen LogP contribution in [-0.2, 0) is 4.79 Å². The van der Waals surface area contributed by atoms with Crippen molar-refractivity contribution in [1.29, 1.82) is 0 Å². The zero-order chi connectivity index (χ0) is 15.1. The number of anilines is 1. The van der Waals surface area contributed by atoms with Crippen LogP contribution in [0.4, 0.5) is 5.69 Å². The highest BCUT2D eigenvalue weighted by atomic mass is 16.2. The van der Waals surface area contributed by atoms with Crippen molar-refractivity contribution >= 4 is 17.5 Å². The molecule has 1 unspecified atom stereocenters. The number of carbonyl (C=O) groups excluding carboxylic acids is 2. The molecule has 5 heteroatoms. The van der Waals surface area contributed by atoms with Crippen molar-refractivity contribution in [2.45, 2.75) is 39.2 Å². The third kappa shape index (κ3) is 4.66. The van der Waals surface area contributed by atoms with E-state index < -0.39 is 0 Å². The summed E-state index contributed by atoms with van der Waals surface area (Å²) < 4.78 is 0. The lowest BCUT2D eigenvalue weighted by atomic mass is 10.1. The van der Waals surface area contributed by atoms with Gasteiger partial charge in [-0.3, -0.25) is 9.59 Å². The largest absolute Gasteiger partial charge is 0.355 e. The van der Waals surface area contributed by atoms with Crippen molar-refractivity contribution in [3.8, 4) is 0 Å². The molecule has 0 aromatic heterocycles. The number of hydrogen-bond acceptors (Lipinski definition) is 3. The molecule has 0 bridgehead atoms. The Balaban J connectivity index is 2.68. The molecule has 0 fully saturated rings. The van der Waals surface area contributed by atoms with Crippen LogP contribution in [0, 0.1) is 6.92 Å². The summed E-state index contributed by atoms with van der Waals surface area (Å²) in [4.78, 5) is 23.5. The minimum absolute atomic E-state index is 0.0530. The normalized spacial score (nSPS) is 11.8. The van der Waals surface area contributed by atoms with Gasteiger partial charge in [0.25, 0.3) is 5.91 Å². The van der Waals surface area contributed by atoms with E-state index in [9.17, 15) is 9.59 Å². The minimum Gasteiger partial charge on any atom is -0.355 e. The van der Waals surface area contributed by atoms with Crippen LogP contribution in [0.3, 0.4) is 0 Å². The van der Waals surface area contributed by atoms with Gasteiger partial charge in [0.15, 0.2) is 0 Å². The van der Waals surface area contributed by atoms with Gasteiger partial charge in [-0.15, -0.1) is 0 Å². The summed E-state index contributed by atoms with van der Waals surface area (Å²) in [6.07, 6.45) is 2.02. The van der Waals surface area contributed by atoms with E-state index in [-0.39, 0.29) is 17.9 Å². The molecule has 0 saturated heterocycles. The second kappa shape index (κ2) is 7.65. The van der Waals surface area contributed by atoms with Crippen LogP contribution >= 0.6 is 0 Å². The van der Waals surface area contributed by atoms with E-state index in [4.69, 9.17) is 5.73 Å². The molecule has 1 atom stereocenters. The van der Waals surface area contributed by atoms with Crippen LogP contribution in [0.15, 0.2) is 18.2 Å². The lowest BCUT2D eigenvalue weighted by Crippen LogP contribution is -2.20. The number of rotatable bonds is 6. The molecule has 2 amide bonds. The Morgan fingerprint density at radius 3 is 2.65 bits per heavy atom. The van der Waals surface area contributed by atoms with Crippen LogP contribution in [0.25, 0.3) is 0 Å². The first kappa shape index (κ1) is 16.2. The Kier molecular flexibility index (Phi) is 6.18. The molecule has 1 aromatic carbocycles. The van der Waals surface area contributed by atoms with Crippen molar-refractivity contribution < 1.29 is 9.59 Å². The zero-order valence-electron chi connectivity index (χ0n) is 12.3. The van der Waals surface area contributed by atoms with Gasteiger partial charge in [0.05, 0.1) is 0 Å². The molecule has 0 saturated carbocycles. The van der Waals surface area contributed by atoms with Gasteiger partial charge in [-0.25, -0.2) is 0 Å². The summed E-state index contributed by atoms with van der Waals surface area (Å²) >= 11 is 0. The van der Waals surface area contributed by atoms with Crippen LogP contribution in [0.2, 0.25) is 0 Å².